The standard InChI is InChI=1S/2C8H17.CH2Cl2.3H4O5P2.2Sn/c2*1-3-5-7-8-6-4-2;2-1-3;3*1-6(2)5-7(3)4;;/h2*1,3-8H2,2H3;1H2;3*6-7H,(H,1,2)(H,3,4);;/q;;;;;;2*+3/p-6. The van der Waals surface area contributed by atoms with Crippen LogP contribution in [0, 0.1) is 0 Å². The predicted molar refractivity (Wildman–Crippen MR) is 162 cm³/mol. The van der Waals surface area contributed by atoms with Gasteiger partial charge in [0.15, 0.2) is 0 Å². The minimum absolute atomic E-state index is 0.194. The summed E-state index contributed by atoms with van der Waals surface area (Å²) in [6.45, 7) is 4.54. The van der Waals surface area contributed by atoms with Gasteiger partial charge in [-0.3, -0.25) is 12.9 Å². The van der Waals surface area contributed by atoms with E-state index in [2.05, 4.69) is 26.8 Å². The molecule has 0 aliphatic rings. The van der Waals surface area contributed by atoms with Gasteiger partial charge in [-0.05, 0) is 0 Å². The Morgan fingerprint density at radius 2 is 0.619 bits per heavy atom. The van der Waals surface area contributed by atoms with Crippen molar-refractivity contribution in [1.29, 1.82) is 0 Å². The summed E-state index contributed by atoms with van der Waals surface area (Å²) in [5.74, 6) is 0. The summed E-state index contributed by atoms with van der Waals surface area (Å²) in [6.07, 6.45) is 17.4. The van der Waals surface area contributed by atoms with E-state index >= 15 is 0 Å². The number of alkyl halides is 2. The van der Waals surface area contributed by atoms with E-state index in [0.29, 0.717) is 0 Å². The molecule has 252 valence electrons. The molecule has 0 spiro atoms. The van der Waals surface area contributed by atoms with Crippen LogP contribution in [0.15, 0.2) is 0 Å². The van der Waals surface area contributed by atoms with Crippen molar-refractivity contribution < 1.29 is 69.7 Å². The summed E-state index contributed by atoms with van der Waals surface area (Å²) < 4.78 is 68.3. The smallest absolute Gasteiger partial charge is 0.128 e. The van der Waals surface area contributed by atoms with Crippen molar-refractivity contribution in [1.82, 2.24) is 0 Å². The topological polar surface area (TPSA) is 268 Å². The van der Waals surface area contributed by atoms with Gasteiger partial charge in [0.1, 0.15) is 49.5 Å². The van der Waals surface area contributed by atoms with Crippen LogP contribution in [0.5, 0.6) is 0 Å². The third-order valence-electron chi connectivity index (χ3n) is 3.56. The largest absolute Gasteiger partial charge is 0.781 e. The molecule has 0 radical (unpaired) electrons. The molecular weight excluding hydrogens is 938 g/mol. The Hall–Kier alpha value is 3.20. The van der Waals surface area contributed by atoms with Crippen LogP contribution in [-0.4, -0.2) is 50.4 Å². The first-order valence-electron chi connectivity index (χ1n) is 12.3. The van der Waals surface area contributed by atoms with Gasteiger partial charge >= 0.3 is 145 Å². The molecule has 25 heteroatoms. The van der Waals surface area contributed by atoms with Crippen molar-refractivity contribution in [2.45, 2.75) is 99.8 Å². The van der Waals surface area contributed by atoms with Crippen molar-refractivity contribution in [2.75, 3.05) is 5.34 Å². The average molecular weight is 981 g/mol. The molecule has 6 atom stereocenters. The first-order chi connectivity index (χ1) is 19.6. The summed E-state index contributed by atoms with van der Waals surface area (Å²) >= 11 is 12.9. The maximum Gasteiger partial charge on any atom is 0.128 e. The minimum atomic E-state index is -3.51. The molecule has 0 aromatic carbocycles. The molecule has 0 aliphatic heterocycles. The molecule has 0 rings (SSSR count). The Morgan fingerprint density at radius 3 is 0.738 bits per heavy atom. The minimum Gasteiger partial charge on any atom is -0.781 e. The summed E-state index contributed by atoms with van der Waals surface area (Å²) in [7, 11) is -21.1. The fourth-order valence-corrected chi connectivity index (χ4v) is 5.07. The van der Waals surface area contributed by atoms with E-state index < -0.39 is 49.5 Å². The average Bonchev–Trinajstić information content (AvgIpc) is 2.83. The molecule has 0 aromatic rings. The second kappa shape index (κ2) is 53.7. The van der Waals surface area contributed by atoms with Crippen molar-refractivity contribution in [3.8, 4) is 0 Å². The van der Waals surface area contributed by atoms with Gasteiger partial charge in [0.2, 0.25) is 0 Å². The first-order valence-corrected chi connectivity index (χ1v) is 24.8. The second-order valence-electron chi connectivity index (χ2n) is 6.94. The Bertz CT molecular complexity index is 553. The number of unbranched alkanes of at least 4 members (excludes halogenated alkanes) is 10. The van der Waals surface area contributed by atoms with Crippen molar-refractivity contribution in [3.05, 3.63) is 0 Å². The first kappa shape index (κ1) is 57.5. The fraction of sp³-hybridized carbons (Fsp3) is 1.00. The third kappa shape index (κ3) is 104. The summed E-state index contributed by atoms with van der Waals surface area (Å²) in [5.41, 5.74) is 0. The molecule has 0 heterocycles. The molecule has 15 nitrogen and oxygen atoms in total. The van der Waals surface area contributed by atoms with Crippen molar-refractivity contribution in [3.63, 3.8) is 0 Å². The molecule has 0 amide bonds. The van der Waals surface area contributed by atoms with Gasteiger partial charge in [0, 0.05) is 0 Å². The fourth-order valence-electron chi connectivity index (χ4n) is 2.01. The SMILES string of the molecule is CCCCCCC[CH2][Sn+3].CCCCCCC[CH2][Sn+3].ClCCl.O=[PH]([O-])O[PH](=O)[O-].O=[PH]([O-])O[PH](=O)[O-].O=[PH]([O-])O[PH](=O)[O-]. The van der Waals surface area contributed by atoms with E-state index in [9.17, 15) is 56.8 Å². The molecule has 0 bridgehead atoms. The van der Waals surface area contributed by atoms with Crippen LogP contribution < -0.4 is 29.4 Å². The number of hydrogen-bond donors (Lipinski definition) is 0. The Balaban J connectivity index is -0.0000000945. The second-order valence-corrected chi connectivity index (χ2v) is 16.1. The predicted octanol–water partition coefficient (Wildman–Crippen LogP) is 2.80. The quantitative estimate of drug-likeness (QED) is 0.0827. The van der Waals surface area contributed by atoms with Crippen molar-refractivity contribution in [2.24, 2.45) is 0 Å². The third-order valence-corrected chi connectivity index (χ3v) is 9.58. The molecule has 0 saturated carbocycles. The van der Waals surface area contributed by atoms with Gasteiger partial charge in [-0.25, -0.2) is 0 Å². The normalized spacial score (nSPS) is 14.0. The molecule has 0 fully saturated rings. The van der Waals surface area contributed by atoms with Gasteiger partial charge in [0.25, 0.3) is 0 Å². The van der Waals surface area contributed by atoms with E-state index in [1.807, 2.05) is 0 Å². The summed E-state index contributed by atoms with van der Waals surface area (Å²) in [6, 6.07) is 0. The van der Waals surface area contributed by atoms with Gasteiger partial charge in [-0.1, -0.05) is 0 Å². The Kier molecular flexibility index (Phi) is 73.4. The maximum atomic E-state index is 9.29. The van der Waals surface area contributed by atoms with Crippen LogP contribution in [0.3, 0.4) is 0 Å². The van der Waals surface area contributed by atoms with E-state index in [4.69, 9.17) is 23.2 Å². The van der Waals surface area contributed by atoms with E-state index in [0.717, 1.165) is 0 Å². The van der Waals surface area contributed by atoms with Gasteiger partial charge < -0.3 is 56.8 Å². The summed E-state index contributed by atoms with van der Waals surface area (Å²) in [4.78, 5) is 55.7. The molecule has 0 aromatic heterocycles. The molecule has 0 aliphatic carbocycles. The zero-order valence-corrected chi connectivity index (χ0v) is 36.7. The molecule has 6 unspecified atom stereocenters. The van der Waals surface area contributed by atoms with Crippen molar-refractivity contribution >= 4 is 118 Å². The monoisotopic (exact) mass is 982 g/mol. The summed E-state index contributed by atoms with van der Waals surface area (Å²) in [5, 5.41) is 0.194. The Morgan fingerprint density at radius 1 is 0.452 bits per heavy atom. The van der Waals surface area contributed by atoms with E-state index in [1.165, 1.54) is 85.9 Å². The maximum absolute atomic E-state index is 9.29. The van der Waals surface area contributed by atoms with E-state index in [1.54, 1.807) is 45.0 Å². The zero-order valence-electron chi connectivity index (χ0n) is 23.5. The molecule has 42 heavy (non-hydrogen) atoms. The van der Waals surface area contributed by atoms with Crippen LogP contribution in [-0.2, 0) is 40.3 Å². The van der Waals surface area contributed by atoms with Crippen LogP contribution in [0.1, 0.15) is 90.9 Å². The number of rotatable bonds is 18. The molecule has 0 saturated heterocycles. The Labute approximate surface area is 290 Å². The zero-order chi connectivity index (χ0) is 34.2. The number of hydrogen-bond acceptors (Lipinski definition) is 15. The van der Waals surface area contributed by atoms with Crippen LogP contribution in [0.25, 0.3) is 0 Å². The number of halogens is 2. The van der Waals surface area contributed by atoms with Crippen LogP contribution in [0.4, 0.5) is 0 Å². The van der Waals surface area contributed by atoms with E-state index in [-0.39, 0.29) is 5.34 Å². The van der Waals surface area contributed by atoms with Crippen LogP contribution in [0.2, 0.25) is 8.87 Å². The van der Waals surface area contributed by atoms with Gasteiger partial charge in [-0.15, -0.1) is 23.2 Å². The van der Waals surface area contributed by atoms with Gasteiger partial charge in [0.05, 0.1) is 5.34 Å². The molecule has 0 N–H and O–H groups in total. The van der Waals surface area contributed by atoms with Crippen LogP contribution >= 0.6 is 72.7 Å². The van der Waals surface area contributed by atoms with Gasteiger partial charge in [-0.2, -0.15) is 0 Å². The molecular formula is C17H42Cl2O15P6Sn2.